The standard InChI is InChI=1S/C12H16N2O4S/c1-10-4-3-7-13(9-10)19(17,18)12-6-2-5-11(8-12)14(15)16/h2,5-6,8,10H,3-4,7,9H2,1H3/t10-/m0/s1. The van der Waals surface area contributed by atoms with E-state index >= 15 is 0 Å². The average Bonchev–Trinajstić information content (AvgIpc) is 2.39. The second-order valence-electron chi connectivity index (χ2n) is 4.86. The highest BCUT2D eigenvalue weighted by Gasteiger charge is 2.29. The molecule has 1 heterocycles. The van der Waals surface area contributed by atoms with Gasteiger partial charge in [-0.05, 0) is 24.8 Å². The third-order valence-electron chi connectivity index (χ3n) is 3.29. The predicted octanol–water partition coefficient (Wildman–Crippen LogP) is 2.02. The van der Waals surface area contributed by atoms with Crippen LogP contribution in [0.2, 0.25) is 0 Å². The Morgan fingerprint density at radius 2 is 2.16 bits per heavy atom. The molecule has 2 rings (SSSR count). The zero-order chi connectivity index (χ0) is 14.0. The van der Waals surface area contributed by atoms with E-state index < -0.39 is 14.9 Å². The van der Waals surface area contributed by atoms with Gasteiger partial charge in [-0.15, -0.1) is 0 Å². The number of piperidine rings is 1. The van der Waals surface area contributed by atoms with Crippen molar-refractivity contribution in [2.45, 2.75) is 24.7 Å². The van der Waals surface area contributed by atoms with Gasteiger partial charge in [0.15, 0.2) is 0 Å². The van der Waals surface area contributed by atoms with Gasteiger partial charge >= 0.3 is 0 Å². The number of benzene rings is 1. The molecule has 0 aromatic heterocycles. The second-order valence-corrected chi connectivity index (χ2v) is 6.80. The van der Waals surface area contributed by atoms with Crippen molar-refractivity contribution in [3.8, 4) is 0 Å². The van der Waals surface area contributed by atoms with Crippen molar-refractivity contribution in [2.75, 3.05) is 13.1 Å². The Balaban J connectivity index is 2.33. The topological polar surface area (TPSA) is 80.5 Å². The van der Waals surface area contributed by atoms with Crippen LogP contribution in [-0.2, 0) is 10.0 Å². The quantitative estimate of drug-likeness (QED) is 0.628. The number of hydrogen-bond acceptors (Lipinski definition) is 4. The summed E-state index contributed by atoms with van der Waals surface area (Å²) in [6.07, 6.45) is 1.84. The lowest BCUT2D eigenvalue weighted by Gasteiger charge is -2.29. The molecule has 0 saturated carbocycles. The fourth-order valence-corrected chi connectivity index (χ4v) is 3.91. The summed E-state index contributed by atoms with van der Waals surface area (Å²) in [5, 5.41) is 10.7. The number of nitro benzene ring substituents is 1. The minimum Gasteiger partial charge on any atom is -0.258 e. The highest BCUT2D eigenvalue weighted by Crippen LogP contribution is 2.25. The SMILES string of the molecule is C[C@H]1CCCN(S(=O)(=O)c2cccc([N+](=O)[O-])c2)C1. The summed E-state index contributed by atoms with van der Waals surface area (Å²) < 4.78 is 26.2. The van der Waals surface area contributed by atoms with Gasteiger partial charge in [-0.25, -0.2) is 8.42 Å². The van der Waals surface area contributed by atoms with Gasteiger partial charge in [0.05, 0.1) is 9.82 Å². The Morgan fingerprint density at radius 3 is 2.79 bits per heavy atom. The largest absolute Gasteiger partial charge is 0.270 e. The first-order valence-electron chi connectivity index (χ1n) is 6.16. The van der Waals surface area contributed by atoms with Gasteiger partial charge in [0.1, 0.15) is 0 Å². The van der Waals surface area contributed by atoms with Crippen LogP contribution in [0.1, 0.15) is 19.8 Å². The van der Waals surface area contributed by atoms with Crippen molar-refractivity contribution in [2.24, 2.45) is 5.92 Å². The minimum atomic E-state index is -3.62. The summed E-state index contributed by atoms with van der Waals surface area (Å²) in [5.74, 6) is 0.322. The Labute approximate surface area is 112 Å². The third kappa shape index (κ3) is 2.93. The maximum absolute atomic E-state index is 12.4. The Morgan fingerprint density at radius 1 is 1.42 bits per heavy atom. The van der Waals surface area contributed by atoms with Gasteiger partial charge in [-0.1, -0.05) is 13.0 Å². The van der Waals surface area contributed by atoms with Gasteiger partial charge in [-0.2, -0.15) is 4.31 Å². The highest BCUT2D eigenvalue weighted by atomic mass is 32.2. The molecule has 0 amide bonds. The first-order valence-corrected chi connectivity index (χ1v) is 7.60. The first-order chi connectivity index (χ1) is 8.91. The lowest BCUT2D eigenvalue weighted by atomic mass is 10.0. The summed E-state index contributed by atoms with van der Waals surface area (Å²) in [7, 11) is -3.62. The number of nitro groups is 1. The molecule has 0 spiro atoms. The number of non-ortho nitro benzene ring substituents is 1. The van der Waals surface area contributed by atoms with E-state index in [1.165, 1.54) is 22.5 Å². The molecular formula is C12H16N2O4S. The van der Waals surface area contributed by atoms with Crippen molar-refractivity contribution in [3.63, 3.8) is 0 Å². The zero-order valence-electron chi connectivity index (χ0n) is 10.7. The molecule has 6 nitrogen and oxygen atoms in total. The molecule has 1 saturated heterocycles. The fourth-order valence-electron chi connectivity index (χ4n) is 2.27. The van der Waals surface area contributed by atoms with E-state index in [4.69, 9.17) is 0 Å². The molecule has 0 radical (unpaired) electrons. The van der Waals surface area contributed by atoms with Crippen LogP contribution in [0.3, 0.4) is 0 Å². The van der Waals surface area contributed by atoms with Crippen LogP contribution in [0.25, 0.3) is 0 Å². The average molecular weight is 284 g/mol. The van der Waals surface area contributed by atoms with Gasteiger partial charge in [0.25, 0.3) is 5.69 Å². The van der Waals surface area contributed by atoms with E-state index in [0.29, 0.717) is 19.0 Å². The lowest BCUT2D eigenvalue weighted by Crippen LogP contribution is -2.39. The number of sulfonamides is 1. The van der Waals surface area contributed by atoms with Crippen LogP contribution in [-0.4, -0.2) is 30.7 Å². The van der Waals surface area contributed by atoms with Gasteiger partial charge in [-0.3, -0.25) is 10.1 Å². The van der Waals surface area contributed by atoms with Crippen molar-refractivity contribution in [1.82, 2.24) is 4.31 Å². The molecular weight excluding hydrogens is 268 g/mol. The van der Waals surface area contributed by atoms with Crippen LogP contribution in [0.15, 0.2) is 29.2 Å². The number of rotatable bonds is 3. The van der Waals surface area contributed by atoms with Crippen molar-refractivity contribution >= 4 is 15.7 Å². The van der Waals surface area contributed by atoms with Crippen LogP contribution in [0.4, 0.5) is 5.69 Å². The molecule has 104 valence electrons. The molecule has 0 N–H and O–H groups in total. The molecule has 0 aliphatic carbocycles. The number of hydrogen-bond donors (Lipinski definition) is 0. The van der Waals surface area contributed by atoms with E-state index in [-0.39, 0.29) is 10.6 Å². The lowest BCUT2D eigenvalue weighted by molar-refractivity contribution is -0.385. The minimum absolute atomic E-state index is 0.00389. The molecule has 19 heavy (non-hydrogen) atoms. The Bertz CT molecular complexity index is 585. The molecule has 0 unspecified atom stereocenters. The van der Waals surface area contributed by atoms with Gasteiger partial charge in [0, 0.05) is 25.2 Å². The van der Waals surface area contributed by atoms with Crippen molar-refractivity contribution in [1.29, 1.82) is 0 Å². The monoisotopic (exact) mass is 284 g/mol. The zero-order valence-corrected chi connectivity index (χ0v) is 11.5. The smallest absolute Gasteiger partial charge is 0.258 e. The first kappa shape index (κ1) is 14.0. The fraction of sp³-hybridized carbons (Fsp3) is 0.500. The Hall–Kier alpha value is -1.47. The molecule has 1 atom stereocenters. The normalized spacial score (nSPS) is 21.2. The summed E-state index contributed by atoms with van der Waals surface area (Å²) >= 11 is 0. The van der Waals surface area contributed by atoms with Crippen LogP contribution >= 0.6 is 0 Å². The van der Waals surface area contributed by atoms with Crippen molar-refractivity contribution < 1.29 is 13.3 Å². The van der Waals surface area contributed by atoms with E-state index in [2.05, 4.69) is 0 Å². The van der Waals surface area contributed by atoms with Crippen LogP contribution < -0.4 is 0 Å². The number of nitrogens with zero attached hydrogens (tertiary/aromatic N) is 2. The molecule has 7 heteroatoms. The van der Waals surface area contributed by atoms with E-state index in [1.807, 2.05) is 6.92 Å². The molecule has 1 fully saturated rings. The van der Waals surface area contributed by atoms with Crippen molar-refractivity contribution in [3.05, 3.63) is 34.4 Å². The van der Waals surface area contributed by atoms with Crippen LogP contribution in [0, 0.1) is 16.0 Å². The summed E-state index contributed by atoms with van der Waals surface area (Å²) in [4.78, 5) is 10.1. The van der Waals surface area contributed by atoms with Crippen LogP contribution in [0.5, 0.6) is 0 Å². The maximum Gasteiger partial charge on any atom is 0.270 e. The highest BCUT2D eigenvalue weighted by molar-refractivity contribution is 7.89. The van der Waals surface area contributed by atoms with E-state index in [1.54, 1.807) is 0 Å². The van der Waals surface area contributed by atoms with E-state index in [0.717, 1.165) is 18.9 Å². The molecule has 0 bridgehead atoms. The molecule has 1 aromatic rings. The van der Waals surface area contributed by atoms with E-state index in [9.17, 15) is 18.5 Å². The second kappa shape index (κ2) is 5.26. The Kier molecular flexibility index (Phi) is 3.86. The molecule has 1 aliphatic heterocycles. The van der Waals surface area contributed by atoms with Gasteiger partial charge < -0.3 is 0 Å². The summed E-state index contributed by atoms with van der Waals surface area (Å²) in [6.45, 7) is 2.97. The molecule has 1 aliphatic rings. The van der Waals surface area contributed by atoms with Gasteiger partial charge in [0.2, 0.25) is 10.0 Å². The summed E-state index contributed by atoms with van der Waals surface area (Å²) in [5.41, 5.74) is -0.203. The summed E-state index contributed by atoms with van der Waals surface area (Å²) in [6, 6.07) is 5.21. The maximum atomic E-state index is 12.4. The molecule has 1 aromatic carbocycles. The predicted molar refractivity (Wildman–Crippen MR) is 70.3 cm³/mol. The third-order valence-corrected chi connectivity index (χ3v) is 5.15.